The Morgan fingerprint density at radius 2 is 1.78 bits per heavy atom. The molecule has 2 atom stereocenters. The van der Waals surface area contributed by atoms with Gasteiger partial charge in [-0.2, -0.15) is 13.2 Å². The molecule has 37 heavy (non-hydrogen) atoms. The van der Waals surface area contributed by atoms with Crippen LogP contribution in [0, 0.1) is 12.8 Å². The molecule has 0 aliphatic carbocycles. The second-order valence-corrected chi connectivity index (χ2v) is 10.7. The number of benzene rings is 1. The molecule has 1 unspecified atom stereocenters. The van der Waals surface area contributed by atoms with E-state index in [0.717, 1.165) is 17.2 Å². The molecule has 3 rings (SSSR count). The summed E-state index contributed by atoms with van der Waals surface area (Å²) in [6.45, 7) is 10.1. The first-order valence-corrected chi connectivity index (χ1v) is 12.1. The van der Waals surface area contributed by atoms with Crippen LogP contribution in [-0.4, -0.2) is 37.7 Å². The van der Waals surface area contributed by atoms with Crippen LogP contribution in [0.2, 0.25) is 0 Å². The first kappa shape index (κ1) is 28.0. The molecular formula is C25H27F3N4O4S. The second-order valence-electron chi connectivity index (χ2n) is 9.59. The van der Waals surface area contributed by atoms with Crippen LogP contribution in [0.1, 0.15) is 56.8 Å². The van der Waals surface area contributed by atoms with Crippen molar-refractivity contribution in [2.24, 2.45) is 5.92 Å². The van der Waals surface area contributed by atoms with Gasteiger partial charge in [0.25, 0.3) is 0 Å². The summed E-state index contributed by atoms with van der Waals surface area (Å²) in [6, 6.07) is 5.75. The van der Waals surface area contributed by atoms with Crippen molar-refractivity contribution in [3.05, 3.63) is 52.9 Å². The third-order valence-electron chi connectivity index (χ3n) is 5.37. The Labute approximate surface area is 216 Å². The summed E-state index contributed by atoms with van der Waals surface area (Å²) >= 11 is 1.30. The van der Waals surface area contributed by atoms with Crippen molar-refractivity contribution >= 4 is 35.0 Å². The van der Waals surface area contributed by atoms with Crippen molar-refractivity contribution in [1.82, 2.24) is 15.0 Å². The number of carboxylic acid groups (broad SMARTS) is 1. The zero-order valence-corrected chi connectivity index (χ0v) is 21.9. The predicted molar refractivity (Wildman–Crippen MR) is 133 cm³/mol. The quantitative estimate of drug-likeness (QED) is 0.368. The van der Waals surface area contributed by atoms with E-state index in [1.165, 1.54) is 11.3 Å². The fourth-order valence-corrected chi connectivity index (χ4v) is 4.38. The standard InChI is InChI=1S/C25H27F3N4O4S/c1-13-9-16(18-12-30-20(37-18)14(2)15(3)21(33)34)11-17(10-13)32(23(35)36-24(4,5)6)22-29-8-7-19(31-22)25(26,27)28/h7-12,14-15H,1-6H3,(H,33,34)/t14?,15-/m1/s1. The first-order chi connectivity index (χ1) is 17.1. The van der Waals surface area contributed by atoms with Crippen molar-refractivity contribution in [1.29, 1.82) is 0 Å². The van der Waals surface area contributed by atoms with Gasteiger partial charge in [0.2, 0.25) is 5.95 Å². The Kier molecular flexibility index (Phi) is 7.91. The van der Waals surface area contributed by atoms with Gasteiger partial charge in [0.15, 0.2) is 0 Å². The SMILES string of the molecule is Cc1cc(-c2cnc(C(C)[C@@H](C)C(=O)O)s2)cc(N(C(=O)OC(C)(C)C)c2nccc(C(F)(F)F)n2)c1. The molecule has 1 amide bonds. The number of aromatic nitrogens is 3. The molecule has 8 nitrogen and oxygen atoms in total. The second kappa shape index (κ2) is 10.4. The molecule has 3 aromatic rings. The fourth-order valence-electron chi connectivity index (χ4n) is 3.32. The van der Waals surface area contributed by atoms with Crippen LogP contribution < -0.4 is 4.90 Å². The molecule has 12 heteroatoms. The molecule has 198 valence electrons. The minimum Gasteiger partial charge on any atom is -0.481 e. The number of aryl methyl sites for hydroxylation is 1. The number of nitrogens with zero attached hydrogens (tertiary/aromatic N) is 4. The van der Waals surface area contributed by atoms with Crippen LogP contribution in [0.4, 0.5) is 29.6 Å². The van der Waals surface area contributed by atoms with Gasteiger partial charge in [0.1, 0.15) is 11.3 Å². The van der Waals surface area contributed by atoms with E-state index in [2.05, 4.69) is 15.0 Å². The monoisotopic (exact) mass is 536 g/mol. The first-order valence-electron chi connectivity index (χ1n) is 11.3. The summed E-state index contributed by atoms with van der Waals surface area (Å²) in [4.78, 5) is 38.1. The van der Waals surface area contributed by atoms with Crippen LogP contribution in [0.5, 0.6) is 0 Å². The Hall–Kier alpha value is -3.54. The molecule has 0 bridgehead atoms. The number of carbonyl (C=O) groups is 2. The molecule has 0 radical (unpaired) electrons. The number of carbonyl (C=O) groups excluding carboxylic acids is 1. The lowest BCUT2D eigenvalue weighted by Crippen LogP contribution is -2.35. The van der Waals surface area contributed by atoms with Crippen LogP contribution in [0.25, 0.3) is 10.4 Å². The highest BCUT2D eigenvalue weighted by molar-refractivity contribution is 7.15. The van der Waals surface area contributed by atoms with Gasteiger partial charge in [-0.3, -0.25) is 4.79 Å². The van der Waals surface area contributed by atoms with Gasteiger partial charge < -0.3 is 9.84 Å². The molecule has 0 saturated carbocycles. The van der Waals surface area contributed by atoms with Crippen LogP contribution in [-0.2, 0) is 15.7 Å². The third kappa shape index (κ3) is 6.82. The maximum Gasteiger partial charge on any atom is 0.433 e. The molecule has 0 aliphatic rings. The smallest absolute Gasteiger partial charge is 0.433 e. The highest BCUT2D eigenvalue weighted by Crippen LogP contribution is 2.37. The van der Waals surface area contributed by atoms with Crippen molar-refractivity contribution in [2.75, 3.05) is 4.90 Å². The maximum absolute atomic E-state index is 13.4. The molecule has 2 heterocycles. The van der Waals surface area contributed by atoms with E-state index in [-0.39, 0.29) is 11.6 Å². The average molecular weight is 537 g/mol. The van der Waals surface area contributed by atoms with Gasteiger partial charge in [-0.1, -0.05) is 19.9 Å². The van der Waals surface area contributed by atoms with Crippen molar-refractivity contribution in [3.8, 4) is 10.4 Å². The largest absolute Gasteiger partial charge is 0.481 e. The Bertz CT molecular complexity index is 1300. The lowest BCUT2D eigenvalue weighted by Gasteiger charge is -2.27. The fraction of sp³-hybridized carbons (Fsp3) is 0.400. The topological polar surface area (TPSA) is 106 Å². The minimum absolute atomic E-state index is 0.200. The molecule has 0 aliphatic heterocycles. The number of aliphatic carboxylic acids is 1. The normalized spacial score (nSPS) is 13.6. The van der Waals surface area contributed by atoms with E-state index in [1.807, 2.05) is 6.07 Å². The van der Waals surface area contributed by atoms with Crippen molar-refractivity contribution in [2.45, 2.75) is 59.2 Å². The number of halogens is 3. The third-order valence-corrected chi connectivity index (χ3v) is 6.61. The number of carboxylic acids is 1. The van der Waals surface area contributed by atoms with E-state index >= 15 is 0 Å². The molecule has 0 fully saturated rings. The average Bonchev–Trinajstić information content (AvgIpc) is 3.26. The molecule has 2 aromatic heterocycles. The van der Waals surface area contributed by atoms with E-state index in [9.17, 15) is 27.9 Å². The summed E-state index contributed by atoms with van der Waals surface area (Å²) < 4.78 is 45.6. The van der Waals surface area contributed by atoms with Gasteiger partial charge in [-0.15, -0.1) is 11.3 Å². The van der Waals surface area contributed by atoms with Crippen molar-refractivity contribution in [3.63, 3.8) is 0 Å². The van der Waals surface area contributed by atoms with E-state index in [1.54, 1.807) is 59.9 Å². The van der Waals surface area contributed by atoms with E-state index < -0.39 is 41.4 Å². The van der Waals surface area contributed by atoms with E-state index in [4.69, 9.17) is 4.74 Å². The number of hydrogen-bond donors (Lipinski definition) is 1. The Morgan fingerprint density at radius 1 is 1.11 bits per heavy atom. The van der Waals surface area contributed by atoms with Gasteiger partial charge in [0.05, 0.1) is 21.5 Å². The lowest BCUT2D eigenvalue weighted by atomic mass is 9.97. The zero-order chi connectivity index (χ0) is 27.7. The van der Waals surface area contributed by atoms with E-state index in [0.29, 0.717) is 21.0 Å². The number of anilines is 2. The zero-order valence-electron chi connectivity index (χ0n) is 21.1. The Morgan fingerprint density at radius 3 is 2.38 bits per heavy atom. The summed E-state index contributed by atoms with van der Waals surface area (Å²) in [5.41, 5.74) is -0.602. The lowest BCUT2D eigenvalue weighted by molar-refractivity contribution is -0.142. The number of ether oxygens (including phenoxy) is 1. The molecular weight excluding hydrogens is 509 g/mol. The number of rotatable bonds is 6. The van der Waals surface area contributed by atoms with Gasteiger partial charge in [0, 0.05) is 18.3 Å². The molecule has 0 spiro atoms. The highest BCUT2D eigenvalue weighted by atomic mass is 32.1. The molecule has 0 saturated heterocycles. The van der Waals surface area contributed by atoms with Crippen LogP contribution >= 0.6 is 11.3 Å². The van der Waals surface area contributed by atoms with Gasteiger partial charge in [-0.25, -0.2) is 24.6 Å². The summed E-state index contributed by atoms with van der Waals surface area (Å²) in [5, 5.41) is 9.95. The van der Waals surface area contributed by atoms with Crippen molar-refractivity contribution < 1.29 is 32.6 Å². The van der Waals surface area contributed by atoms with Crippen LogP contribution in [0.15, 0.2) is 36.7 Å². The molecule has 1 aromatic carbocycles. The summed E-state index contributed by atoms with van der Waals surface area (Å²) in [5.74, 6) is -2.41. The van der Waals surface area contributed by atoms with Gasteiger partial charge >= 0.3 is 18.2 Å². The summed E-state index contributed by atoms with van der Waals surface area (Å²) in [6.07, 6.45) is -3.16. The number of amides is 1. The molecule has 1 N–H and O–H groups in total. The number of thiazole rings is 1. The van der Waals surface area contributed by atoms with Crippen LogP contribution in [0.3, 0.4) is 0 Å². The summed E-state index contributed by atoms with van der Waals surface area (Å²) in [7, 11) is 0. The number of alkyl halides is 3. The predicted octanol–water partition coefficient (Wildman–Crippen LogP) is 6.82. The highest BCUT2D eigenvalue weighted by Gasteiger charge is 2.35. The number of hydrogen-bond acceptors (Lipinski definition) is 7. The maximum atomic E-state index is 13.4. The minimum atomic E-state index is -4.74. The Balaban J connectivity index is 2.11. The van der Waals surface area contributed by atoms with Gasteiger partial charge in [-0.05, 0) is 57.0 Å².